The van der Waals surface area contributed by atoms with E-state index in [2.05, 4.69) is 10.6 Å². The van der Waals surface area contributed by atoms with Crippen molar-refractivity contribution in [1.29, 1.82) is 0 Å². The van der Waals surface area contributed by atoms with E-state index in [4.69, 9.17) is 27.9 Å². The Morgan fingerprint density at radius 2 is 2.27 bits per heavy atom. The number of methoxy groups -OCH3 is 1. The Hall–Kier alpha value is -1.01. The first-order valence-corrected chi connectivity index (χ1v) is 7.96. The molecule has 0 bridgehead atoms. The van der Waals surface area contributed by atoms with Gasteiger partial charge in [-0.1, -0.05) is 29.3 Å². The molecule has 2 amide bonds. The zero-order valence-electron chi connectivity index (χ0n) is 12.4. The predicted molar refractivity (Wildman–Crippen MR) is 86.6 cm³/mol. The molecule has 1 aliphatic carbocycles. The van der Waals surface area contributed by atoms with Crippen molar-refractivity contribution in [2.45, 2.75) is 31.4 Å². The number of hydrogen-bond donors (Lipinski definition) is 3. The number of carbonyl (C=O) groups excluding carboxylic acids is 1. The summed E-state index contributed by atoms with van der Waals surface area (Å²) in [4.78, 5) is 11.9. The van der Waals surface area contributed by atoms with Gasteiger partial charge in [-0.25, -0.2) is 4.79 Å². The Kier molecular flexibility index (Phi) is 6.32. The molecule has 2 atom stereocenters. The van der Waals surface area contributed by atoms with Crippen molar-refractivity contribution in [3.8, 4) is 0 Å². The number of carbonyl (C=O) groups is 1. The van der Waals surface area contributed by atoms with Crippen LogP contribution in [-0.2, 0) is 11.2 Å². The molecule has 1 aliphatic rings. The molecule has 0 radical (unpaired) electrons. The second kappa shape index (κ2) is 8.02. The van der Waals surface area contributed by atoms with Gasteiger partial charge in [0.1, 0.15) is 0 Å². The van der Waals surface area contributed by atoms with Crippen LogP contribution in [-0.4, -0.2) is 37.5 Å². The van der Waals surface area contributed by atoms with Gasteiger partial charge < -0.3 is 20.5 Å². The van der Waals surface area contributed by atoms with Crippen LogP contribution >= 0.6 is 23.2 Å². The molecule has 0 aromatic heterocycles. The Morgan fingerprint density at radius 3 is 3.00 bits per heavy atom. The van der Waals surface area contributed by atoms with Crippen LogP contribution < -0.4 is 10.6 Å². The summed E-state index contributed by atoms with van der Waals surface area (Å²) in [5.41, 5.74) is 2.03. The predicted octanol–water partition coefficient (Wildman–Crippen LogP) is 2.68. The van der Waals surface area contributed by atoms with Crippen molar-refractivity contribution in [3.05, 3.63) is 33.3 Å². The van der Waals surface area contributed by atoms with Gasteiger partial charge in [0.25, 0.3) is 0 Å². The van der Waals surface area contributed by atoms with Crippen LogP contribution in [0.3, 0.4) is 0 Å². The normalized spacial score (nSPS) is 17.9. The van der Waals surface area contributed by atoms with E-state index < -0.39 is 6.10 Å². The van der Waals surface area contributed by atoms with E-state index in [0.717, 1.165) is 24.0 Å². The number of aliphatic hydroxyl groups is 1. The maximum atomic E-state index is 11.9. The van der Waals surface area contributed by atoms with Gasteiger partial charge in [-0.15, -0.1) is 0 Å². The molecule has 2 unspecified atom stereocenters. The molecule has 1 aromatic carbocycles. The fourth-order valence-corrected chi connectivity index (χ4v) is 3.06. The number of ether oxygens (including phenoxy) is 1. The molecule has 0 saturated heterocycles. The van der Waals surface area contributed by atoms with Crippen molar-refractivity contribution in [3.63, 3.8) is 0 Å². The third kappa shape index (κ3) is 4.26. The average molecular weight is 347 g/mol. The van der Waals surface area contributed by atoms with Crippen molar-refractivity contribution in [2.24, 2.45) is 0 Å². The van der Waals surface area contributed by atoms with Crippen LogP contribution in [0, 0.1) is 0 Å². The number of urea groups is 1. The summed E-state index contributed by atoms with van der Waals surface area (Å²) < 4.78 is 4.83. The molecule has 7 heteroatoms. The minimum absolute atomic E-state index is 0.0614. The molecule has 2 rings (SSSR count). The van der Waals surface area contributed by atoms with Gasteiger partial charge >= 0.3 is 6.03 Å². The molecule has 0 saturated carbocycles. The van der Waals surface area contributed by atoms with Crippen LogP contribution in [0.15, 0.2) is 12.1 Å². The van der Waals surface area contributed by atoms with Crippen LogP contribution in [0.5, 0.6) is 0 Å². The van der Waals surface area contributed by atoms with E-state index in [1.807, 2.05) is 6.07 Å². The van der Waals surface area contributed by atoms with E-state index in [9.17, 15) is 9.90 Å². The Bertz CT molecular complexity index is 540. The highest BCUT2D eigenvalue weighted by atomic mass is 35.5. The van der Waals surface area contributed by atoms with Gasteiger partial charge in [-0.05, 0) is 36.5 Å². The summed E-state index contributed by atoms with van der Waals surface area (Å²) in [7, 11) is 1.53. The third-order valence-electron chi connectivity index (χ3n) is 3.72. The highest BCUT2D eigenvalue weighted by Crippen LogP contribution is 2.38. The number of rotatable bonds is 6. The van der Waals surface area contributed by atoms with Gasteiger partial charge in [0, 0.05) is 13.7 Å². The number of benzene rings is 1. The summed E-state index contributed by atoms with van der Waals surface area (Å²) in [5.74, 6) is 0. The van der Waals surface area contributed by atoms with Gasteiger partial charge in [0.05, 0.1) is 28.8 Å². The Morgan fingerprint density at radius 1 is 1.50 bits per heavy atom. The summed E-state index contributed by atoms with van der Waals surface area (Å²) in [6.07, 6.45) is 1.48. The molecule has 5 nitrogen and oxygen atoms in total. The van der Waals surface area contributed by atoms with Crippen LogP contribution in [0.25, 0.3) is 0 Å². The zero-order chi connectivity index (χ0) is 16.1. The topological polar surface area (TPSA) is 70.6 Å². The van der Waals surface area contributed by atoms with Gasteiger partial charge in [0.15, 0.2) is 0 Å². The molecule has 0 aliphatic heterocycles. The van der Waals surface area contributed by atoms with E-state index >= 15 is 0 Å². The Balaban J connectivity index is 1.84. The minimum atomic E-state index is -0.571. The van der Waals surface area contributed by atoms with Crippen LogP contribution in [0.4, 0.5) is 4.79 Å². The summed E-state index contributed by atoms with van der Waals surface area (Å²) in [6, 6.07) is 3.34. The summed E-state index contributed by atoms with van der Waals surface area (Å²) in [6.45, 7) is 0.649. The fraction of sp³-hybridized carbons (Fsp3) is 0.533. The molecule has 22 heavy (non-hydrogen) atoms. The first-order valence-electron chi connectivity index (χ1n) is 7.21. The largest absolute Gasteiger partial charge is 0.391 e. The smallest absolute Gasteiger partial charge is 0.315 e. The number of nitrogens with one attached hydrogen (secondary N) is 2. The standard InChI is InChI=1S/C15H20Cl2N2O3/c1-22-8-9(20)6-7-18-15(21)19-13-5-3-11-10(13)2-4-12(16)14(11)17/h2,4,9,13,20H,3,5-8H2,1H3,(H2,18,19,21). The lowest BCUT2D eigenvalue weighted by molar-refractivity contribution is 0.0598. The van der Waals surface area contributed by atoms with E-state index in [-0.39, 0.29) is 18.7 Å². The average Bonchev–Trinajstić information content (AvgIpc) is 2.87. The Labute approximate surface area is 139 Å². The minimum Gasteiger partial charge on any atom is -0.391 e. The highest BCUT2D eigenvalue weighted by molar-refractivity contribution is 6.42. The maximum absolute atomic E-state index is 11.9. The SMILES string of the molecule is COCC(O)CCNC(=O)NC1CCc2c1ccc(Cl)c2Cl. The third-order valence-corrected chi connectivity index (χ3v) is 4.56. The molecule has 122 valence electrons. The molecule has 0 spiro atoms. The first kappa shape index (κ1) is 17.3. The van der Waals surface area contributed by atoms with Crippen molar-refractivity contribution < 1.29 is 14.6 Å². The number of halogens is 2. The van der Waals surface area contributed by atoms with Gasteiger partial charge in [-0.3, -0.25) is 0 Å². The summed E-state index contributed by atoms with van der Waals surface area (Å²) >= 11 is 12.2. The van der Waals surface area contributed by atoms with Crippen molar-refractivity contribution in [1.82, 2.24) is 10.6 Å². The monoisotopic (exact) mass is 346 g/mol. The van der Waals surface area contributed by atoms with Crippen LogP contribution in [0.2, 0.25) is 10.0 Å². The number of aliphatic hydroxyl groups excluding tert-OH is 1. The molecule has 0 fully saturated rings. The summed E-state index contributed by atoms with van der Waals surface area (Å²) in [5, 5.41) is 16.3. The lowest BCUT2D eigenvalue weighted by atomic mass is 10.1. The second-order valence-electron chi connectivity index (χ2n) is 5.32. The quantitative estimate of drug-likeness (QED) is 0.741. The lowest BCUT2D eigenvalue weighted by Gasteiger charge is -2.16. The molecule has 1 aromatic rings. The van der Waals surface area contributed by atoms with Gasteiger partial charge in [-0.2, -0.15) is 0 Å². The van der Waals surface area contributed by atoms with E-state index in [0.29, 0.717) is 23.0 Å². The molecular formula is C15H20Cl2N2O3. The van der Waals surface area contributed by atoms with Crippen molar-refractivity contribution in [2.75, 3.05) is 20.3 Å². The van der Waals surface area contributed by atoms with Gasteiger partial charge in [0.2, 0.25) is 0 Å². The second-order valence-corrected chi connectivity index (χ2v) is 6.10. The number of amides is 2. The molecule has 0 heterocycles. The molecular weight excluding hydrogens is 327 g/mol. The number of fused-ring (bicyclic) bond motifs is 1. The first-order chi connectivity index (χ1) is 10.5. The van der Waals surface area contributed by atoms with Crippen molar-refractivity contribution >= 4 is 29.2 Å². The number of hydrogen-bond acceptors (Lipinski definition) is 3. The van der Waals surface area contributed by atoms with E-state index in [1.54, 1.807) is 6.07 Å². The zero-order valence-corrected chi connectivity index (χ0v) is 13.9. The lowest BCUT2D eigenvalue weighted by Crippen LogP contribution is -2.38. The van der Waals surface area contributed by atoms with E-state index in [1.165, 1.54) is 7.11 Å². The maximum Gasteiger partial charge on any atom is 0.315 e. The van der Waals surface area contributed by atoms with Crippen LogP contribution in [0.1, 0.15) is 30.0 Å². The molecule has 3 N–H and O–H groups in total. The fourth-order valence-electron chi connectivity index (χ4n) is 2.62. The highest BCUT2D eigenvalue weighted by Gasteiger charge is 2.26.